The van der Waals surface area contributed by atoms with E-state index in [1.165, 1.54) is 0 Å². The number of hydrogen-bond acceptors (Lipinski definition) is 5. The first-order valence-corrected chi connectivity index (χ1v) is 10.2. The van der Waals surface area contributed by atoms with Crippen molar-refractivity contribution in [2.45, 2.75) is 45.6 Å². The molecule has 2 heterocycles. The molecule has 0 bridgehead atoms. The summed E-state index contributed by atoms with van der Waals surface area (Å²) in [6.07, 6.45) is 3.80. The average Bonchev–Trinajstić information content (AvgIpc) is 3.59. The Morgan fingerprint density at radius 2 is 2.03 bits per heavy atom. The maximum Gasteiger partial charge on any atom is 0.343 e. The first kappa shape index (κ1) is 20.0. The Morgan fingerprint density at radius 3 is 2.70 bits per heavy atom. The van der Waals surface area contributed by atoms with Gasteiger partial charge in [0.15, 0.2) is 0 Å². The van der Waals surface area contributed by atoms with Crippen molar-refractivity contribution < 1.29 is 9.53 Å². The van der Waals surface area contributed by atoms with E-state index >= 15 is 0 Å². The van der Waals surface area contributed by atoms with E-state index in [9.17, 15) is 14.5 Å². The van der Waals surface area contributed by atoms with Crippen LogP contribution in [-0.4, -0.2) is 17.0 Å². The number of aromatic nitrogens is 1. The highest BCUT2D eigenvalue weighted by molar-refractivity contribution is 5.91. The fourth-order valence-corrected chi connectivity index (χ4v) is 4.00. The van der Waals surface area contributed by atoms with Gasteiger partial charge in [0.05, 0.1) is 12.1 Å². The second-order valence-electron chi connectivity index (χ2n) is 7.79. The van der Waals surface area contributed by atoms with E-state index in [1.54, 1.807) is 30.5 Å². The van der Waals surface area contributed by atoms with Gasteiger partial charge in [0.25, 0.3) is 5.56 Å². The Labute approximate surface area is 174 Å². The van der Waals surface area contributed by atoms with Crippen LogP contribution in [0.5, 0.6) is 0 Å². The number of hydrogen-bond donors (Lipinski definition) is 0. The number of aryl methyl sites for hydroxylation is 1. The third-order valence-corrected chi connectivity index (χ3v) is 5.76. The third-order valence-electron chi connectivity index (χ3n) is 5.76. The van der Waals surface area contributed by atoms with Crippen LogP contribution in [0.3, 0.4) is 0 Å². The normalized spacial score (nSPS) is 14.5. The van der Waals surface area contributed by atoms with Crippen LogP contribution in [0.1, 0.15) is 65.7 Å². The Morgan fingerprint density at radius 1 is 1.27 bits per heavy atom. The summed E-state index contributed by atoms with van der Waals surface area (Å²) in [6.45, 7) is 5.71. The Balaban J connectivity index is 1.94. The zero-order chi connectivity index (χ0) is 21.4. The van der Waals surface area contributed by atoms with Gasteiger partial charge in [-0.15, -0.1) is 0 Å². The van der Waals surface area contributed by atoms with Gasteiger partial charge in [-0.3, -0.25) is 9.20 Å². The highest BCUT2D eigenvalue weighted by Crippen LogP contribution is 2.43. The minimum absolute atomic E-state index is 0.0799. The lowest BCUT2D eigenvalue weighted by Gasteiger charge is -2.16. The predicted molar refractivity (Wildman–Crippen MR) is 116 cm³/mol. The Kier molecular flexibility index (Phi) is 5.24. The van der Waals surface area contributed by atoms with E-state index in [2.05, 4.69) is 5.18 Å². The number of benzene rings is 1. The topological polar surface area (TPSA) is 77.2 Å². The molecule has 0 saturated heterocycles. The van der Waals surface area contributed by atoms with Crippen molar-refractivity contribution in [3.63, 3.8) is 0 Å². The van der Waals surface area contributed by atoms with E-state index in [0.717, 1.165) is 46.2 Å². The van der Waals surface area contributed by atoms with Gasteiger partial charge in [0.1, 0.15) is 11.6 Å². The third kappa shape index (κ3) is 3.43. The molecule has 0 aliphatic heterocycles. The van der Waals surface area contributed by atoms with Gasteiger partial charge in [-0.1, -0.05) is 23.4 Å². The molecule has 154 valence electrons. The molecule has 1 fully saturated rings. The monoisotopic (exact) mass is 404 g/mol. The second-order valence-corrected chi connectivity index (χ2v) is 7.79. The largest absolute Gasteiger partial charge is 0.462 e. The minimum Gasteiger partial charge on any atom is -0.462 e. The van der Waals surface area contributed by atoms with Crippen LogP contribution in [0.15, 0.2) is 52.6 Å². The molecule has 1 unspecified atom stereocenters. The van der Waals surface area contributed by atoms with E-state index < -0.39 is 12.0 Å². The smallest absolute Gasteiger partial charge is 0.343 e. The van der Waals surface area contributed by atoms with Gasteiger partial charge in [-0.25, -0.2) is 4.79 Å². The SMILES string of the molecule is CCOC(=O)c1cc(C2CC2)c2c(C)c(-c3cccc(C(C)N=O)c3)ccn2c1=O. The standard InChI is InChI=1S/C24H24N2O4/c1-4-30-24(28)21-13-20(16-8-9-16)22-14(2)19(10-11-26(22)23(21)27)18-7-5-6-17(12-18)15(3)25-29/h5-7,10-13,15-16H,4,8-9H2,1-3H3. The Bertz CT molecular complexity index is 1210. The van der Waals surface area contributed by atoms with Gasteiger partial charge in [0.2, 0.25) is 0 Å². The summed E-state index contributed by atoms with van der Waals surface area (Å²) in [4.78, 5) is 36.3. The van der Waals surface area contributed by atoms with Crippen molar-refractivity contribution in [1.29, 1.82) is 0 Å². The maximum atomic E-state index is 13.0. The molecule has 1 aliphatic carbocycles. The van der Waals surface area contributed by atoms with Crippen LogP contribution < -0.4 is 5.56 Å². The lowest BCUT2D eigenvalue weighted by atomic mass is 9.95. The lowest BCUT2D eigenvalue weighted by Crippen LogP contribution is -2.25. The van der Waals surface area contributed by atoms with E-state index in [1.807, 2.05) is 37.3 Å². The van der Waals surface area contributed by atoms with Gasteiger partial charge < -0.3 is 4.74 Å². The van der Waals surface area contributed by atoms with Gasteiger partial charge in [0, 0.05) is 6.20 Å². The van der Waals surface area contributed by atoms with Gasteiger partial charge in [-0.2, -0.15) is 4.91 Å². The number of nitrogens with zero attached hydrogens (tertiary/aromatic N) is 2. The number of rotatable bonds is 6. The van der Waals surface area contributed by atoms with Crippen LogP contribution in [-0.2, 0) is 4.74 Å². The van der Waals surface area contributed by atoms with E-state index in [0.29, 0.717) is 5.92 Å². The average molecular weight is 404 g/mol. The zero-order valence-electron chi connectivity index (χ0n) is 17.3. The lowest BCUT2D eigenvalue weighted by molar-refractivity contribution is 0.0524. The molecule has 1 aliphatic rings. The van der Waals surface area contributed by atoms with Gasteiger partial charge in [-0.05, 0) is 85.5 Å². The van der Waals surface area contributed by atoms with Crippen molar-refractivity contribution in [3.8, 4) is 11.1 Å². The number of pyridine rings is 2. The maximum absolute atomic E-state index is 13.0. The van der Waals surface area contributed by atoms with Gasteiger partial charge >= 0.3 is 5.97 Å². The van der Waals surface area contributed by atoms with Crippen molar-refractivity contribution in [2.75, 3.05) is 6.61 Å². The van der Waals surface area contributed by atoms with Crippen LogP contribution >= 0.6 is 0 Å². The van der Waals surface area contributed by atoms with Crippen LogP contribution in [0, 0.1) is 11.8 Å². The number of carbonyl (C=O) groups excluding carboxylic acids is 1. The summed E-state index contributed by atoms with van der Waals surface area (Å²) < 4.78 is 6.66. The molecule has 3 aromatic rings. The van der Waals surface area contributed by atoms with Crippen molar-refractivity contribution >= 4 is 11.5 Å². The number of esters is 1. The summed E-state index contributed by atoms with van der Waals surface area (Å²) in [7, 11) is 0. The minimum atomic E-state index is -0.580. The second kappa shape index (κ2) is 7.86. The quantitative estimate of drug-likeness (QED) is 0.420. The molecule has 6 heteroatoms. The fourth-order valence-electron chi connectivity index (χ4n) is 4.00. The van der Waals surface area contributed by atoms with Crippen LogP contribution in [0.25, 0.3) is 16.6 Å². The highest BCUT2D eigenvalue weighted by atomic mass is 16.5. The summed E-state index contributed by atoms with van der Waals surface area (Å²) in [6, 6.07) is 10.9. The van der Waals surface area contributed by atoms with Crippen molar-refractivity contribution in [2.24, 2.45) is 5.18 Å². The molecule has 2 aromatic heterocycles. The van der Waals surface area contributed by atoms with Crippen molar-refractivity contribution in [1.82, 2.24) is 4.40 Å². The molecule has 1 atom stereocenters. The number of ether oxygens (including phenoxy) is 1. The highest BCUT2D eigenvalue weighted by Gasteiger charge is 2.29. The number of carbonyl (C=O) groups is 1. The van der Waals surface area contributed by atoms with E-state index in [4.69, 9.17) is 4.74 Å². The molecule has 0 radical (unpaired) electrons. The zero-order valence-corrected chi connectivity index (χ0v) is 17.3. The summed E-state index contributed by atoms with van der Waals surface area (Å²) >= 11 is 0. The summed E-state index contributed by atoms with van der Waals surface area (Å²) in [5.41, 5.74) is 5.34. The summed E-state index contributed by atoms with van der Waals surface area (Å²) in [5.74, 6) is -0.239. The molecule has 6 nitrogen and oxygen atoms in total. The van der Waals surface area contributed by atoms with Crippen molar-refractivity contribution in [3.05, 3.63) is 80.1 Å². The predicted octanol–water partition coefficient (Wildman–Crippen LogP) is 5.16. The van der Waals surface area contributed by atoms with E-state index in [-0.39, 0.29) is 17.7 Å². The molecule has 4 rings (SSSR count). The van der Waals surface area contributed by atoms with Crippen LogP contribution in [0.4, 0.5) is 0 Å². The molecular formula is C24H24N2O4. The molecule has 1 aromatic carbocycles. The number of fused-ring (bicyclic) bond motifs is 1. The molecule has 1 saturated carbocycles. The first-order valence-electron chi connectivity index (χ1n) is 10.2. The number of nitroso groups, excluding NO2 is 1. The molecule has 30 heavy (non-hydrogen) atoms. The molecular weight excluding hydrogens is 380 g/mol. The Hall–Kier alpha value is -3.28. The molecule has 0 N–H and O–H groups in total. The molecule has 0 spiro atoms. The first-order chi connectivity index (χ1) is 14.5. The summed E-state index contributed by atoms with van der Waals surface area (Å²) in [5, 5.41) is 3.13. The molecule has 0 amide bonds. The van der Waals surface area contributed by atoms with Crippen LogP contribution in [0.2, 0.25) is 0 Å². The fraction of sp³-hybridized carbons (Fsp3) is 0.333.